The van der Waals surface area contributed by atoms with Crippen LogP contribution in [0.3, 0.4) is 0 Å². The molecule has 0 amide bonds. The lowest BCUT2D eigenvalue weighted by molar-refractivity contribution is 0.0856. The lowest BCUT2D eigenvalue weighted by Crippen LogP contribution is -2.14. The molecule has 1 aliphatic heterocycles. The second-order valence-corrected chi connectivity index (χ2v) is 6.69. The van der Waals surface area contributed by atoms with Crippen LogP contribution >= 0.6 is 0 Å². The van der Waals surface area contributed by atoms with Crippen LogP contribution in [-0.4, -0.2) is 32.6 Å². The van der Waals surface area contributed by atoms with Gasteiger partial charge in [0.15, 0.2) is 11.3 Å². The van der Waals surface area contributed by atoms with E-state index >= 15 is 0 Å². The summed E-state index contributed by atoms with van der Waals surface area (Å²) in [6, 6.07) is 0. The van der Waals surface area contributed by atoms with E-state index in [9.17, 15) is 0 Å². The van der Waals surface area contributed by atoms with Crippen LogP contribution in [0.5, 0.6) is 0 Å². The van der Waals surface area contributed by atoms with Crippen molar-refractivity contribution in [3.63, 3.8) is 0 Å². The number of hydrogen-bond donors (Lipinski definition) is 1. The van der Waals surface area contributed by atoms with Crippen LogP contribution in [0.1, 0.15) is 42.9 Å². The molecule has 0 radical (unpaired) electrons. The summed E-state index contributed by atoms with van der Waals surface area (Å²) in [5.74, 6) is 1.42. The number of H-pyrrole nitrogens is 1. The fourth-order valence-corrected chi connectivity index (χ4v) is 3.64. The van der Waals surface area contributed by atoms with Gasteiger partial charge in [-0.3, -0.25) is 4.40 Å². The van der Waals surface area contributed by atoms with E-state index in [0.717, 1.165) is 49.7 Å². The fraction of sp³-hybridized carbons (Fsp3) is 0.529. The van der Waals surface area contributed by atoms with E-state index < -0.39 is 0 Å². The molecule has 0 spiro atoms. The third-order valence-electron chi connectivity index (χ3n) is 5.05. The molecule has 5 nitrogen and oxygen atoms in total. The predicted molar refractivity (Wildman–Crippen MR) is 84.1 cm³/mol. The first kappa shape index (κ1) is 12.6. The van der Waals surface area contributed by atoms with Crippen molar-refractivity contribution >= 4 is 16.8 Å². The molecule has 0 aromatic carbocycles. The zero-order valence-corrected chi connectivity index (χ0v) is 12.6. The van der Waals surface area contributed by atoms with Crippen molar-refractivity contribution < 1.29 is 4.74 Å². The highest BCUT2D eigenvalue weighted by molar-refractivity contribution is 5.79. The van der Waals surface area contributed by atoms with Gasteiger partial charge in [-0.25, -0.2) is 9.97 Å². The number of imidazole rings is 1. The maximum atomic E-state index is 5.51. The molecule has 3 aromatic rings. The van der Waals surface area contributed by atoms with Crippen molar-refractivity contribution in [2.24, 2.45) is 5.92 Å². The van der Waals surface area contributed by atoms with Gasteiger partial charge < -0.3 is 9.72 Å². The number of aromatic amines is 1. The number of fused-ring (bicyclic) bond motifs is 3. The molecule has 1 saturated carbocycles. The minimum atomic E-state index is 0.559. The van der Waals surface area contributed by atoms with Gasteiger partial charge >= 0.3 is 0 Å². The zero-order valence-electron chi connectivity index (χ0n) is 12.6. The molecular formula is C17H20N4O. The van der Waals surface area contributed by atoms with E-state index in [2.05, 4.69) is 26.8 Å². The quantitative estimate of drug-likeness (QED) is 0.808. The summed E-state index contributed by atoms with van der Waals surface area (Å²) in [6.45, 7) is 1.72. The topological polar surface area (TPSA) is 55.2 Å². The number of ether oxygens (including phenoxy) is 1. The molecule has 0 bridgehead atoms. The maximum absolute atomic E-state index is 5.51. The van der Waals surface area contributed by atoms with Crippen LogP contribution in [0.25, 0.3) is 16.8 Å². The monoisotopic (exact) mass is 296 g/mol. The van der Waals surface area contributed by atoms with Gasteiger partial charge in [0.25, 0.3) is 0 Å². The summed E-state index contributed by atoms with van der Waals surface area (Å²) < 4.78 is 7.74. The highest BCUT2D eigenvalue weighted by Crippen LogP contribution is 2.34. The standard InChI is InChI=1S/C17H20N4O/c1-2-11(1)7-13-10-21-15(20-13)9-19-17-16(21)14(8-18-17)12-3-5-22-6-4-12/h8-12,18H,1-7H2. The van der Waals surface area contributed by atoms with E-state index in [-0.39, 0.29) is 0 Å². The molecule has 0 unspecified atom stereocenters. The summed E-state index contributed by atoms with van der Waals surface area (Å²) in [4.78, 5) is 12.7. The Labute approximate surface area is 128 Å². The summed E-state index contributed by atoms with van der Waals surface area (Å²) >= 11 is 0. The van der Waals surface area contributed by atoms with Crippen molar-refractivity contribution in [2.75, 3.05) is 13.2 Å². The van der Waals surface area contributed by atoms with E-state index in [0.29, 0.717) is 5.92 Å². The average Bonchev–Trinajstić information content (AvgIpc) is 3.11. The normalized spacial score (nSPS) is 20.2. The number of nitrogens with zero attached hydrogens (tertiary/aromatic N) is 3. The minimum absolute atomic E-state index is 0.559. The molecule has 1 N–H and O–H groups in total. The van der Waals surface area contributed by atoms with Gasteiger partial charge in [0.1, 0.15) is 0 Å². The molecule has 1 saturated heterocycles. The van der Waals surface area contributed by atoms with Gasteiger partial charge in [0.2, 0.25) is 0 Å². The predicted octanol–water partition coefficient (Wildman–Crippen LogP) is 3.06. The first-order valence-electron chi connectivity index (χ1n) is 8.30. The molecule has 2 aliphatic rings. The Morgan fingerprint density at radius 3 is 2.91 bits per heavy atom. The molecule has 0 atom stereocenters. The molecule has 5 heteroatoms. The third kappa shape index (κ3) is 2.03. The maximum Gasteiger partial charge on any atom is 0.156 e. The Hall–Kier alpha value is -1.88. The molecule has 5 rings (SSSR count). The Bertz CT molecular complexity index is 824. The van der Waals surface area contributed by atoms with Gasteiger partial charge in [0.05, 0.1) is 17.4 Å². The fourth-order valence-electron chi connectivity index (χ4n) is 3.64. The number of rotatable bonds is 3. The molecule has 3 aromatic heterocycles. The average molecular weight is 296 g/mol. The van der Waals surface area contributed by atoms with Crippen LogP contribution in [0, 0.1) is 5.92 Å². The van der Waals surface area contributed by atoms with Crippen molar-refractivity contribution in [1.29, 1.82) is 0 Å². The van der Waals surface area contributed by atoms with Crippen LogP contribution in [0.4, 0.5) is 0 Å². The Morgan fingerprint density at radius 1 is 1.23 bits per heavy atom. The Morgan fingerprint density at radius 2 is 2.09 bits per heavy atom. The van der Waals surface area contributed by atoms with Crippen LogP contribution in [-0.2, 0) is 11.2 Å². The van der Waals surface area contributed by atoms with Crippen LogP contribution in [0.2, 0.25) is 0 Å². The molecule has 4 heterocycles. The first-order chi connectivity index (χ1) is 10.9. The number of nitrogens with one attached hydrogen (secondary N) is 1. The van der Waals surface area contributed by atoms with E-state index in [4.69, 9.17) is 9.72 Å². The SMILES string of the molecule is c1[nH]c2ncc3nc(CC4CC4)cn3c2c1C1CCOCC1. The summed E-state index contributed by atoms with van der Waals surface area (Å²) in [7, 11) is 0. The van der Waals surface area contributed by atoms with E-state index in [1.807, 2.05) is 6.20 Å². The summed E-state index contributed by atoms with van der Waals surface area (Å²) in [5, 5.41) is 0. The lowest BCUT2D eigenvalue weighted by Gasteiger charge is -2.21. The molecule has 22 heavy (non-hydrogen) atoms. The second kappa shape index (κ2) is 4.81. The number of aromatic nitrogens is 4. The number of hydrogen-bond acceptors (Lipinski definition) is 3. The second-order valence-electron chi connectivity index (χ2n) is 6.69. The third-order valence-corrected chi connectivity index (χ3v) is 5.05. The zero-order chi connectivity index (χ0) is 14.5. The van der Waals surface area contributed by atoms with Gasteiger partial charge in [-0.1, -0.05) is 0 Å². The van der Waals surface area contributed by atoms with E-state index in [1.165, 1.54) is 29.6 Å². The van der Waals surface area contributed by atoms with Gasteiger partial charge in [-0.2, -0.15) is 0 Å². The Balaban J connectivity index is 1.64. The minimum Gasteiger partial charge on any atom is -0.381 e. The summed E-state index contributed by atoms with van der Waals surface area (Å²) in [5.41, 5.74) is 5.71. The highest BCUT2D eigenvalue weighted by Gasteiger charge is 2.24. The van der Waals surface area contributed by atoms with Crippen LogP contribution < -0.4 is 0 Å². The summed E-state index contributed by atoms with van der Waals surface area (Å²) in [6.07, 6.45) is 12.2. The van der Waals surface area contributed by atoms with Gasteiger partial charge in [-0.15, -0.1) is 0 Å². The van der Waals surface area contributed by atoms with Crippen molar-refractivity contribution in [3.05, 3.63) is 29.8 Å². The van der Waals surface area contributed by atoms with Gasteiger partial charge in [-0.05, 0) is 49.5 Å². The van der Waals surface area contributed by atoms with Crippen molar-refractivity contribution in [3.8, 4) is 0 Å². The van der Waals surface area contributed by atoms with Gasteiger partial charge in [0, 0.05) is 25.6 Å². The van der Waals surface area contributed by atoms with Crippen molar-refractivity contribution in [1.82, 2.24) is 19.4 Å². The highest BCUT2D eigenvalue weighted by atomic mass is 16.5. The largest absolute Gasteiger partial charge is 0.381 e. The molecule has 2 fully saturated rings. The molecule has 114 valence electrons. The van der Waals surface area contributed by atoms with Crippen molar-refractivity contribution in [2.45, 2.75) is 38.0 Å². The van der Waals surface area contributed by atoms with E-state index in [1.54, 1.807) is 0 Å². The smallest absolute Gasteiger partial charge is 0.156 e. The lowest BCUT2D eigenvalue weighted by atomic mass is 9.93. The Kier molecular flexibility index (Phi) is 2.77. The molecular weight excluding hydrogens is 276 g/mol. The first-order valence-corrected chi connectivity index (χ1v) is 8.30. The molecule has 1 aliphatic carbocycles. The van der Waals surface area contributed by atoms with Crippen LogP contribution in [0.15, 0.2) is 18.6 Å².